The highest BCUT2D eigenvalue weighted by atomic mass is 16.4. The number of carboxylic acids is 3. The fourth-order valence-corrected chi connectivity index (χ4v) is 1.03. The Morgan fingerprint density at radius 2 is 1.12 bits per heavy atom. The monoisotopic (exact) mass is 354 g/mol. The molecular weight excluding hydrogens is 324 g/mol. The minimum atomic E-state index is -1.13. The molecule has 0 spiro atoms. The minimum Gasteiger partial charge on any atom is -0.480 e. The Kier molecular flexibility index (Phi) is 23.8. The average molecular weight is 354 g/mol. The quantitative estimate of drug-likeness (QED) is 0.166. The van der Waals surface area contributed by atoms with Gasteiger partial charge in [0.2, 0.25) is 0 Å². The highest BCUT2D eigenvalue weighted by Crippen LogP contribution is 1.87. The molecule has 0 aromatic heterocycles. The predicted molar refractivity (Wildman–Crippen MR) is 88.4 cm³/mol. The summed E-state index contributed by atoms with van der Waals surface area (Å²) in [6.45, 7) is 1.74. The van der Waals surface area contributed by atoms with Crippen molar-refractivity contribution in [3.63, 3.8) is 0 Å². The van der Waals surface area contributed by atoms with Gasteiger partial charge in [-0.2, -0.15) is 0 Å². The third-order valence-electron chi connectivity index (χ3n) is 1.93. The van der Waals surface area contributed by atoms with Crippen LogP contribution in [-0.4, -0.2) is 97.0 Å². The zero-order valence-electron chi connectivity index (χ0n) is 13.7. The fraction of sp³-hybridized carbons (Fsp3) is 0.750. The van der Waals surface area contributed by atoms with Gasteiger partial charge < -0.3 is 43.6 Å². The summed E-state index contributed by atoms with van der Waals surface area (Å²) in [6, 6.07) is 0. The summed E-state index contributed by atoms with van der Waals surface area (Å²) < 4.78 is 0. The van der Waals surface area contributed by atoms with Crippen LogP contribution in [0.5, 0.6) is 0 Å². The van der Waals surface area contributed by atoms with Crippen molar-refractivity contribution < 1.29 is 29.7 Å². The van der Waals surface area contributed by atoms with Gasteiger partial charge in [0.1, 0.15) is 0 Å². The number of carboxylic acid groups (broad SMARTS) is 3. The molecule has 0 aliphatic heterocycles. The van der Waals surface area contributed by atoms with Crippen molar-refractivity contribution in [3.8, 4) is 0 Å². The average Bonchev–Trinajstić information content (AvgIpc) is 2.50. The number of aliphatic carboxylic acids is 3. The van der Waals surface area contributed by atoms with Crippen LogP contribution in [0.2, 0.25) is 0 Å². The van der Waals surface area contributed by atoms with Crippen molar-refractivity contribution in [2.75, 3.05) is 58.9 Å². The molecule has 12 N–H and O–H groups in total. The lowest BCUT2D eigenvalue weighted by atomic mass is 10.4. The number of nitrogens with zero attached hydrogens (tertiary/aromatic N) is 1. The third kappa shape index (κ3) is 32.2. The number of hydrogen-bond donors (Lipinski definition) is 8. The molecule has 0 saturated carbocycles. The van der Waals surface area contributed by atoms with E-state index < -0.39 is 17.9 Å². The molecule has 0 heterocycles. The summed E-state index contributed by atoms with van der Waals surface area (Å²) >= 11 is 0. The maximum atomic E-state index is 10.4. The molecule has 144 valence electrons. The molecule has 0 fully saturated rings. The molecule has 12 nitrogen and oxygen atoms in total. The van der Waals surface area contributed by atoms with Gasteiger partial charge in [0.15, 0.2) is 0 Å². The van der Waals surface area contributed by atoms with E-state index >= 15 is 0 Å². The summed E-state index contributed by atoms with van der Waals surface area (Å²) in [5.74, 6) is -3.28. The van der Waals surface area contributed by atoms with Crippen LogP contribution in [0.4, 0.5) is 0 Å². The van der Waals surface area contributed by atoms with Gasteiger partial charge in [-0.15, -0.1) is 0 Å². The van der Waals surface area contributed by atoms with Crippen LogP contribution in [0.15, 0.2) is 0 Å². The molecule has 0 saturated heterocycles. The molecule has 0 aromatic carbocycles. The molecule has 24 heavy (non-hydrogen) atoms. The Hall–Kier alpha value is -1.83. The van der Waals surface area contributed by atoms with Gasteiger partial charge in [0, 0.05) is 39.3 Å². The van der Waals surface area contributed by atoms with E-state index in [1.54, 1.807) is 0 Å². The largest absolute Gasteiger partial charge is 0.480 e. The second kappa shape index (κ2) is 21.2. The molecule has 0 radical (unpaired) electrons. The summed E-state index contributed by atoms with van der Waals surface area (Å²) in [4.78, 5) is 32.1. The zero-order valence-corrected chi connectivity index (χ0v) is 13.7. The van der Waals surface area contributed by atoms with E-state index in [9.17, 15) is 14.4 Å². The van der Waals surface area contributed by atoms with Gasteiger partial charge in [-0.1, -0.05) is 0 Å². The van der Waals surface area contributed by atoms with Gasteiger partial charge >= 0.3 is 17.9 Å². The molecule has 0 unspecified atom stereocenters. The van der Waals surface area contributed by atoms with Gasteiger partial charge in [-0.05, 0) is 0 Å². The van der Waals surface area contributed by atoms with E-state index in [4.69, 9.17) is 38.3 Å². The normalized spacial score (nSPS) is 9.38. The fourth-order valence-electron chi connectivity index (χ4n) is 1.03. The first-order valence-electron chi connectivity index (χ1n) is 7.13. The first-order chi connectivity index (χ1) is 11.2. The number of nitrogens with two attached hydrogens (primary N) is 4. The van der Waals surface area contributed by atoms with E-state index in [2.05, 4.69) is 5.32 Å². The molecule has 0 aromatic rings. The van der Waals surface area contributed by atoms with E-state index in [1.165, 1.54) is 4.90 Å². The van der Waals surface area contributed by atoms with E-state index in [-0.39, 0.29) is 32.7 Å². The zero-order chi connectivity index (χ0) is 19.4. The van der Waals surface area contributed by atoms with Crippen molar-refractivity contribution in [3.05, 3.63) is 0 Å². The molecule has 0 aliphatic carbocycles. The maximum absolute atomic E-state index is 10.4. The minimum absolute atomic E-state index is 0.159. The van der Waals surface area contributed by atoms with Crippen LogP contribution >= 0.6 is 0 Å². The standard InChI is InChI=1S/C8H14N2O6.2C2H8N2/c11-6(12)3-9-1-2-10(4-7(13)14)5-8(15)16;2*3-1-2-4/h9H,1-5H2,(H,11,12)(H,13,14)(H,15,16);2*1-4H2. The van der Waals surface area contributed by atoms with Crippen LogP contribution in [-0.2, 0) is 14.4 Å². The van der Waals surface area contributed by atoms with Crippen molar-refractivity contribution in [1.29, 1.82) is 0 Å². The highest BCUT2D eigenvalue weighted by Gasteiger charge is 2.12. The smallest absolute Gasteiger partial charge is 0.317 e. The highest BCUT2D eigenvalue weighted by molar-refractivity contribution is 5.72. The molecular formula is C12H30N6O6. The van der Waals surface area contributed by atoms with Gasteiger partial charge in [0.05, 0.1) is 19.6 Å². The van der Waals surface area contributed by atoms with Crippen molar-refractivity contribution in [2.45, 2.75) is 0 Å². The lowest BCUT2D eigenvalue weighted by Gasteiger charge is -2.17. The lowest BCUT2D eigenvalue weighted by Crippen LogP contribution is -2.39. The van der Waals surface area contributed by atoms with Crippen LogP contribution in [0.25, 0.3) is 0 Å². The molecule has 0 bridgehead atoms. The number of hydrogen-bond acceptors (Lipinski definition) is 9. The van der Waals surface area contributed by atoms with Crippen molar-refractivity contribution in [2.24, 2.45) is 22.9 Å². The van der Waals surface area contributed by atoms with Gasteiger partial charge in [-0.3, -0.25) is 19.3 Å². The Bertz CT molecular complexity index is 307. The van der Waals surface area contributed by atoms with Crippen LogP contribution < -0.4 is 28.3 Å². The Labute approximate surface area is 140 Å². The molecule has 0 amide bonds. The van der Waals surface area contributed by atoms with Crippen molar-refractivity contribution >= 4 is 17.9 Å². The second-order valence-electron chi connectivity index (χ2n) is 4.22. The van der Waals surface area contributed by atoms with Crippen LogP contribution in [0, 0.1) is 0 Å². The molecule has 0 rings (SSSR count). The molecule has 12 heteroatoms. The number of rotatable bonds is 11. The first-order valence-corrected chi connectivity index (χ1v) is 7.13. The SMILES string of the molecule is NCCN.NCCN.O=C(O)CNCCN(CC(=O)O)CC(=O)O. The van der Waals surface area contributed by atoms with Crippen molar-refractivity contribution in [1.82, 2.24) is 10.2 Å². The maximum Gasteiger partial charge on any atom is 0.317 e. The van der Waals surface area contributed by atoms with E-state index in [0.717, 1.165) is 0 Å². The summed E-state index contributed by atoms with van der Waals surface area (Å²) in [7, 11) is 0. The topological polar surface area (TPSA) is 231 Å². The lowest BCUT2D eigenvalue weighted by molar-refractivity contribution is -0.142. The van der Waals surface area contributed by atoms with E-state index in [0.29, 0.717) is 26.2 Å². The van der Waals surface area contributed by atoms with Gasteiger partial charge in [0.25, 0.3) is 0 Å². The number of nitrogens with one attached hydrogen (secondary N) is 1. The third-order valence-corrected chi connectivity index (χ3v) is 1.93. The Balaban J connectivity index is -0.000000457. The Morgan fingerprint density at radius 1 is 0.750 bits per heavy atom. The summed E-state index contributed by atoms with van der Waals surface area (Å²) in [6.07, 6.45) is 0. The first kappa shape index (κ1) is 27.0. The van der Waals surface area contributed by atoms with Gasteiger partial charge in [-0.25, -0.2) is 0 Å². The van der Waals surface area contributed by atoms with Crippen LogP contribution in [0.1, 0.15) is 0 Å². The number of carbonyl (C=O) groups is 3. The molecule has 0 atom stereocenters. The second-order valence-corrected chi connectivity index (χ2v) is 4.22. The Morgan fingerprint density at radius 3 is 1.38 bits per heavy atom. The summed E-state index contributed by atoms with van der Waals surface area (Å²) in [5, 5.41) is 27.8. The molecule has 0 aliphatic rings. The van der Waals surface area contributed by atoms with E-state index in [1.807, 2.05) is 0 Å². The predicted octanol–water partition coefficient (Wildman–Crippen LogP) is -4.06. The summed E-state index contributed by atoms with van der Waals surface area (Å²) in [5.41, 5.74) is 19.6. The van der Waals surface area contributed by atoms with Crippen LogP contribution in [0.3, 0.4) is 0 Å².